The van der Waals surface area contributed by atoms with Crippen LogP contribution in [0.15, 0.2) is 109 Å². The molecule has 4 aromatic rings. The molecule has 4 atom stereocenters. The van der Waals surface area contributed by atoms with Crippen molar-refractivity contribution in [3.63, 3.8) is 0 Å². The molecule has 2 unspecified atom stereocenters. The van der Waals surface area contributed by atoms with Gasteiger partial charge in [0.25, 0.3) is 0 Å². The second-order valence-corrected chi connectivity index (χ2v) is 16.9. The third-order valence-corrected chi connectivity index (χ3v) is 12.8. The van der Waals surface area contributed by atoms with Crippen LogP contribution in [-0.4, -0.2) is 117 Å². The van der Waals surface area contributed by atoms with Gasteiger partial charge >= 0.3 is 0 Å². The first-order valence-corrected chi connectivity index (χ1v) is 22.1. The van der Waals surface area contributed by atoms with E-state index in [1.807, 2.05) is 109 Å². The van der Waals surface area contributed by atoms with E-state index >= 15 is 0 Å². The number of rotatable bonds is 10. The van der Waals surface area contributed by atoms with Crippen LogP contribution in [0.2, 0.25) is 0 Å². The summed E-state index contributed by atoms with van der Waals surface area (Å²) >= 11 is 0. The Morgan fingerprint density at radius 3 is 1.19 bits per heavy atom. The van der Waals surface area contributed by atoms with Gasteiger partial charge in [-0.05, 0) is 111 Å². The normalized spacial score (nSPS) is 21.1. The molecule has 4 aromatic carbocycles. The standard InChI is InChI=1S/C50H56N6O6/c57-41-25-31-53(32-26-41)45(37-9-3-1-4-10-37)49(61)55-29-7-13-43(55)47(59)51-39-21-17-35(18-22-39)15-16-36-19-23-40(24-20-36)52-48(60)44-14-8-30-56(44)50(62)46(38-11-5-2-6-12-38)54-33-27-42(58)28-34-54/h1-6,9-12,17-24,41-46,57-58H,7-8,13-14,25-34H2,(H,51,59)(H,52,60)/t43-,44-,45?,46?/m0/s1. The number of aliphatic hydroxyl groups excluding tert-OH is 2. The molecule has 322 valence electrons. The van der Waals surface area contributed by atoms with Gasteiger partial charge in [0.15, 0.2) is 0 Å². The number of likely N-dealkylation sites (tertiary alicyclic amines) is 4. The summed E-state index contributed by atoms with van der Waals surface area (Å²) in [5.41, 5.74) is 4.55. The van der Waals surface area contributed by atoms with Crippen molar-refractivity contribution >= 4 is 35.0 Å². The fraction of sp³-hybridized carbons (Fsp3) is 0.400. The third kappa shape index (κ3) is 10.1. The predicted octanol–water partition coefficient (Wildman–Crippen LogP) is 5.34. The van der Waals surface area contributed by atoms with Crippen molar-refractivity contribution in [2.24, 2.45) is 0 Å². The molecule has 12 nitrogen and oxygen atoms in total. The van der Waals surface area contributed by atoms with Gasteiger partial charge in [0.05, 0.1) is 12.2 Å². The average Bonchev–Trinajstić information content (AvgIpc) is 4.01. The zero-order chi connectivity index (χ0) is 43.0. The molecule has 4 N–H and O–H groups in total. The Morgan fingerprint density at radius 2 is 0.839 bits per heavy atom. The summed E-state index contributed by atoms with van der Waals surface area (Å²) in [6.45, 7) is 3.49. The van der Waals surface area contributed by atoms with Crippen LogP contribution in [0.1, 0.15) is 85.7 Å². The number of carbonyl (C=O) groups excluding carboxylic acids is 4. The van der Waals surface area contributed by atoms with E-state index in [0.717, 1.165) is 35.1 Å². The van der Waals surface area contributed by atoms with Gasteiger partial charge in [-0.15, -0.1) is 0 Å². The molecular formula is C50H56N6O6. The number of carbonyl (C=O) groups is 4. The van der Waals surface area contributed by atoms with E-state index in [9.17, 15) is 29.4 Å². The van der Waals surface area contributed by atoms with E-state index in [1.54, 1.807) is 9.80 Å². The molecule has 0 bridgehead atoms. The van der Waals surface area contributed by atoms with Crippen LogP contribution in [0.5, 0.6) is 0 Å². The molecule has 4 aliphatic rings. The van der Waals surface area contributed by atoms with Gasteiger partial charge in [-0.1, -0.05) is 72.5 Å². The molecule has 62 heavy (non-hydrogen) atoms. The van der Waals surface area contributed by atoms with Crippen molar-refractivity contribution in [2.75, 3.05) is 49.9 Å². The van der Waals surface area contributed by atoms with Crippen LogP contribution in [0.4, 0.5) is 11.4 Å². The molecule has 4 fully saturated rings. The minimum absolute atomic E-state index is 0.0811. The quantitative estimate of drug-likeness (QED) is 0.157. The summed E-state index contributed by atoms with van der Waals surface area (Å²) in [6.07, 6.45) is 4.40. The van der Waals surface area contributed by atoms with Crippen molar-refractivity contribution in [3.8, 4) is 11.8 Å². The molecular weight excluding hydrogens is 781 g/mol. The van der Waals surface area contributed by atoms with Crippen LogP contribution >= 0.6 is 0 Å². The lowest BCUT2D eigenvalue weighted by atomic mass is 9.99. The Hall–Kier alpha value is -5.84. The maximum absolute atomic E-state index is 14.2. The van der Waals surface area contributed by atoms with Crippen LogP contribution < -0.4 is 10.6 Å². The minimum Gasteiger partial charge on any atom is -0.393 e. The number of aliphatic hydroxyl groups is 2. The molecule has 4 heterocycles. The molecule has 4 amide bonds. The van der Waals surface area contributed by atoms with Crippen LogP contribution in [0.25, 0.3) is 0 Å². The fourth-order valence-electron chi connectivity index (χ4n) is 9.37. The summed E-state index contributed by atoms with van der Waals surface area (Å²) < 4.78 is 0. The first-order chi connectivity index (χ1) is 30.2. The Bertz CT molecular complexity index is 2070. The highest BCUT2D eigenvalue weighted by Gasteiger charge is 2.42. The Morgan fingerprint density at radius 1 is 0.484 bits per heavy atom. The summed E-state index contributed by atoms with van der Waals surface area (Å²) in [4.78, 5) is 63.4. The average molecular weight is 837 g/mol. The molecule has 0 aliphatic carbocycles. The van der Waals surface area contributed by atoms with Gasteiger partial charge < -0.3 is 30.6 Å². The second kappa shape index (κ2) is 19.9. The number of hydrogen-bond donors (Lipinski definition) is 4. The van der Waals surface area contributed by atoms with Crippen molar-refractivity contribution < 1.29 is 29.4 Å². The maximum atomic E-state index is 14.2. The topological polar surface area (TPSA) is 146 Å². The minimum atomic E-state index is -0.580. The SMILES string of the molecule is O=C(Nc1ccc(C#Cc2ccc(NC(=O)[C@@H]3CCCN3C(=O)C(c3ccccc3)N3CCC(O)CC3)cc2)cc1)[C@@H]1CCCN1C(=O)C(c1ccccc1)N1CCC(O)CC1. The highest BCUT2D eigenvalue weighted by atomic mass is 16.3. The lowest BCUT2D eigenvalue weighted by Gasteiger charge is -2.38. The van der Waals surface area contributed by atoms with Crippen molar-refractivity contribution in [1.82, 2.24) is 19.6 Å². The smallest absolute Gasteiger partial charge is 0.247 e. The van der Waals surface area contributed by atoms with Gasteiger partial charge in [0.2, 0.25) is 23.6 Å². The van der Waals surface area contributed by atoms with Crippen LogP contribution in [-0.2, 0) is 19.2 Å². The lowest BCUT2D eigenvalue weighted by molar-refractivity contribution is -0.142. The monoisotopic (exact) mass is 836 g/mol. The first kappa shape index (κ1) is 42.8. The number of hydrogen-bond acceptors (Lipinski definition) is 8. The van der Waals surface area contributed by atoms with E-state index in [2.05, 4.69) is 32.3 Å². The molecule has 4 saturated heterocycles. The fourth-order valence-corrected chi connectivity index (χ4v) is 9.37. The third-order valence-electron chi connectivity index (χ3n) is 12.8. The van der Waals surface area contributed by atoms with Gasteiger partial charge in [-0.25, -0.2) is 0 Å². The van der Waals surface area contributed by atoms with E-state index in [1.165, 1.54) is 0 Å². The number of nitrogens with zero attached hydrogens (tertiary/aromatic N) is 4. The highest BCUT2D eigenvalue weighted by Crippen LogP contribution is 2.32. The van der Waals surface area contributed by atoms with E-state index in [-0.39, 0.29) is 35.8 Å². The van der Waals surface area contributed by atoms with E-state index in [0.29, 0.717) is 89.2 Å². The zero-order valence-electron chi connectivity index (χ0n) is 35.1. The largest absolute Gasteiger partial charge is 0.393 e. The van der Waals surface area contributed by atoms with Gasteiger partial charge in [0, 0.05) is 61.8 Å². The van der Waals surface area contributed by atoms with Crippen molar-refractivity contribution in [1.29, 1.82) is 0 Å². The highest BCUT2D eigenvalue weighted by molar-refractivity contribution is 5.99. The Kier molecular flexibility index (Phi) is 13.8. The molecule has 0 aromatic heterocycles. The maximum Gasteiger partial charge on any atom is 0.247 e. The number of piperidine rings is 2. The second-order valence-electron chi connectivity index (χ2n) is 16.9. The Labute approximate surface area is 363 Å². The van der Waals surface area contributed by atoms with Gasteiger partial charge in [0.1, 0.15) is 24.2 Å². The molecule has 0 saturated carbocycles. The predicted molar refractivity (Wildman–Crippen MR) is 238 cm³/mol. The van der Waals surface area contributed by atoms with E-state index < -0.39 is 24.2 Å². The molecule has 12 heteroatoms. The zero-order valence-corrected chi connectivity index (χ0v) is 35.1. The summed E-state index contributed by atoms with van der Waals surface area (Å²) in [5, 5.41) is 26.3. The molecule has 0 spiro atoms. The summed E-state index contributed by atoms with van der Waals surface area (Å²) in [6, 6.07) is 31.8. The van der Waals surface area contributed by atoms with E-state index in [4.69, 9.17) is 0 Å². The first-order valence-electron chi connectivity index (χ1n) is 22.1. The lowest BCUT2D eigenvalue weighted by Crippen LogP contribution is -2.50. The number of amides is 4. The number of benzene rings is 4. The van der Waals surface area contributed by atoms with Crippen molar-refractivity contribution in [3.05, 3.63) is 131 Å². The van der Waals surface area contributed by atoms with Crippen molar-refractivity contribution in [2.45, 2.75) is 87.7 Å². The summed E-state index contributed by atoms with van der Waals surface area (Å²) in [7, 11) is 0. The van der Waals surface area contributed by atoms with Gasteiger partial charge in [-0.2, -0.15) is 0 Å². The van der Waals surface area contributed by atoms with Crippen LogP contribution in [0, 0.1) is 11.8 Å². The van der Waals surface area contributed by atoms with Crippen LogP contribution in [0.3, 0.4) is 0 Å². The number of nitrogens with one attached hydrogen (secondary N) is 2. The molecule has 0 radical (unpaired) electrons. The van der Waals surface area contributed by atoms with Gasteiger partial charge in [-0.3, -0.25) is 29.0 Å². The molecule has 8 rings (SSSR count). The molecule has 4 aliphatic heterocycles. The summed E-state index contributed by atoms with van der Waals surface area (Å²) in [5.74, 6) is 5.75. The Balaban J connectivity index is 0.858. The number of anilines is 2.